The second-order valence-electron chi connectivity index (χ2n) is 6.51. The lowest BCUT2D eigenvalue weighted by atomic mass is 10.2. The van der Waals surface area contributed by atoms with Gasteiger partial charge in [-0.05, 0) is 95.2 Å². The number of halogens is 1. The largest absolute Gasteiger partial charge is 0.494 e. The summed E-state index contributed by atoms with van der Waals surface area (Å²) in [5, 5.41) is 3.98. The highest BCUT2D eigenvalue weighted by Crippen LogP contribution is 2.17. The van der Waals surface area contributed by atoms with Crippen LogP contribution < -0.4 is 14.9 Å². The minimum atomic E-state index is -0.451. The molecule has 0 saturated heterocycles. The summed E-state index contributed by atoms with van der Waals surface area (Å²) < 4.78 is 11.8. The van der Waals surface area contributed by atoms with Gasteiger partial charge in [-0.1, -0.05) is 19.1 Å². The third-order valence-corrected chi connectivity index (χ3v) is 5.09. The fraction of sp³-hybridized carbons (Fsp3) is 0.125. The van der Waals surface area contributed by atoms with Crippen LogP contribution in [0.5, 0.6) is 11.5 Å². The molecule has 3 aromatic rings. The van der Waals surface area contributed by atoms with Gasteiger partial charge < -0.3 is 9.47 Å². The summed E-state index contributed by atoms with van der Waals surface area (Å²) in [7, 11) is 0. The van der Waals surface area contributed by atoms with Gasteiger partial charge in [0.2, 0.25) is 0 Å². The van der Waals surface area contributed by atoms with Crippen LogP contribution in [-0.4, -0.2) is 24.7 Å². The molecule has 0 bridgehead atoms. The third kappa shape index (κ3) is 6.65. The maximum Gasteiger partial charge on any atom is 0.343 e. The molecule has 0 heterocycles. The number of benzene rings is 3. The van der Waals surface area contributed by atoms with Gasteiger partial charge >= 0.3 is 5.97 Å². The number of nitrogens with zero attached hydrogens (tertiary/aromatic N) is 1. The molecule has 0 unspecified atom stereocenters. The molecule has 0 saturated carbocycles. The topological polar surface area (TPSA) is 77.0 Å². The first-order valence-electron chi connectivity index (χ1n) is 9.70. The molecular weight excluding hydrogens is 507 g/mol. The predicted octanol–water partition coefficient (Wildman–Crippen LogP) is 5.06. The number of hydrogen-bond donors (Lipinski definition) is 1. The molecule has 158 valence electrons. The van der Waals surface area contributed by atoms with E-state index in [1.165, 1.54) is 6.21 Å². The minimum absolute atomic E-state index is 0.280. The lowest BCUT2D eigenvalue weighted by Crippen LogP contribution is -2.18. The molecule has 31 heavy (non-hydrogen) atoms. The Hall–Kier alpha value is -3.20. The van der Waals surface area contributed by atoms with E-state index in [1.54, 1.807) is 60.7 Å². The molecule has 0 radical (unpaired) electrons. The van der Waals surface area contributed by atoms with Crippen LogP contribution in [0.3, 0.4) is 0 Å². The van der Waals surface area contributed by atoms with Crippen LogP contribution in [0.1, 0.15) is 39.6 Å². The number of rotatable bonds is 8. The van der Waals surface area contributed by atoms with Crippen molar-refractivity contribution in [1.82, 2.24) is 5.43 Å². The molecule has 3 rings (SSSR count). The summed E-state index contributed by atoms with van der Waals surface area (Å²) in [5.41, 5.74) is 4.25. The van der Waals surface area contributed by atoms with Crippen molar-refractivity contribution in [3.63, 3.8) is 0 Å². The average molecular weight is 528 g/mol. The molecule has 0 spiro atoms. The quantitative estimate of drug-likeness (QED) is 0.146. The van der Waals surface area contributed by atoms with E-state index in [-0.39, 0.29) is 5.91 Å². The lowest BCUT2D eigenvalue weighted by molar-refractivity contribution is 0.0734. The van der Waals surface area contributed by atoms with Gasteiger partial charge in [0.1, 0.15) is 11.5 Å². The SMILES string of the molecule is CCCOc1ccc(C(=O)Oc2ccc(/C=N/NC(=O)c3ccccc3I)cc2)cc1. The van der Waals surface area contributed by atoms with Gasteiger partial charge in [-0.25, -0.2) is 10.2 Å². The number of ether oxygens (including phenoxy) is 2. The summed E-state index contributed by atoms with van der Waals surface area (Å²) in [6, 6.07) is 20.9. The second kappa shape index (κ2) is 11.3. The standard InChI is InChI=1S/C24H21IN2O4/c1-2-15-30-19-13-9-18(10-14-19)24(29)31-20-11-7-17(8-12-20)16-26-27-23(28)21-5-3-4-6-22(21)25/h3-14,16H,2,15H2,1H3,(H,27,28)/b26-16+. The van der Waals surface area contributed by atoms with Crippen molar-refractivity contribution < 1.29 is 19.1 Å². The zero-order valence-corrected chi connectivity index (χ0v) is 19.0. The molecule has 0 aliphatic carbocycles. The summed E-state index contributed by atoms with van der Waals surface area (Å²) in [6.07, 6.45) is 2.44. The van der Waals surface area contributed by atoms with E-state index < -0.39 is 5.97 Å². The fourth-order valence-electron chi connectivity index (χ4n) is 2.57. The first kappa shape index (κ1) is 22.5. The zero-order chi connectivity index (χ0) is 22.1. The number of hydrogen-bond acceptors (Lipinski definition) is 5. The Morgan fingerprint density at radius 1 is 0.968 bits per heavy atom. The highest BCUT2D eigenvalue weighted by Gasteiger charge is 2.09. The Labute approximate surface area is 194 Å². The van der Waals surface area contributed by atoms with Gasteiger partial charge in [0.15, 0.2) is 0 Å². The van der Waals surface area contributed by atoms with E-state index in [0.717, 1.165) is 21.3 Å². The van der Waals surface area contributed by atoms with E-state index in [9.17, 15) is 9.59 Å². The van der Waals surface area contributed by atoms with Crippen molar-refractivity contribution in [2.24, 2.45) is 5.10 Å². The van der Waals surface area contributed by atoms with Crippen molar-refractivity contribution >= 4 is 40.7 Å². The summed E-state index contributed by atoms with van der Waals surface area (Å²) in [4.78, 5) is 24.4. The number of carbonyl (C=O) groups is 2. The van der Waals surface area contributed by atoms with Gasteiger partial charge in [0.25, 0.3) is 5.91 Å². The lowest BCUT2D eigenvalue weighted by Gasteiger charge is -2.07. The first-order chi connectivity index (χ1) is 15.1. The van der Waals surface area contributed by atoms with Crippen LogP contribution in [0.15, 0.2) is 77.9 Å². The summed E-state index contributed by atoms with van der Waals surface area (Å²) >= 11 is 2.10. The van der Waals surface area contributed by atoms with Crippen molar-refractivity contribution in [2.75, 3.05) is 6.61 Å². The summed E-state index contributed by atoms with van der Waals surface area (Å²) in [6.45, 7) is 2.67. The molecule has 1 amide bonds. The third-order valence-electron chi connectivity index (χ3n) is 4.15. The number of esters is 1. The Balaban J connectivity index is 1.53. The van der Waals surface area contributed by atoms with Crippen molar-refractivity contribution in [3.05, 3.63) is 93.1 Å². The van der Waals surface area contributed by atoms with E-state index >= 15 is 0 Å². The maximum atomic E-state index is 12.3. The van der Waals surface area contributed by atoms with Crippen molar-refractivity contribution in [1.29, 1.82) is 0 Å². The molecule has 0 fully saturated rings. The van der Waals surface area contributed by atoms with Gasteiger partial charge in [-0.3, -0.25) is 4.79 Å². The smallest absolute Gasteiger partial charge is 0.343 e. The van der Waals surface area contributed by atoms with Crippen LogP contribution in [0.2, 0.25) is 0 Å². The van der Waals surface area contributed by atoms with Gasteiger partial charge in [0, 0.05) is 3.57 Å². The van der Waals surface area contributed by atoms with Crippen molar-refractivity contribution in [3.8, 4) is 11.5 Å². The Morgan fingerprint density at radius 3 is 2.32 bits per heavy atom. The number of amides is 1. The van der Waals surface area contributed by atoms with Crippen LogP contribution in [0.4, 0.5) is 0 Å². The Morgan fingerprint density at radius 2 is 1.65 bits per heavy atom. The number of nitrogens with one attached hydrogen (secondary N) is 1. The number of hydrazone groups is 1. The van der Waals surface area contributed by atoms with Gasteiger partial charge in [-0.2, -0.15) is 5.10 Å². The van der Waals surface area contributed by atoms with Crippen LogP contribution in [0, 0.1) is 3.57 Å². The van der Waals surface area contributed by atoms with E-state index in [1.807, 2.05) is 19.1 Å². The average Bonchev–Trinajstić information content (AvgIpc) is 2.79. The molecule has 0 aliphatic rings. The highest BCUT2D eigenvalue weighted by molar-refractivity contribution is 14.1. The second-order valence-corrected chi connectivity index (χ2v) is 7.67. The van der Waals surface area contributed by atoms with Crippen LogP contribution in [-0.2, 0) is 0 Å². The predicted molar refractivity (Wildman–Crippen MR) is 128 cm³/mol. The normalized spacial score (nSPS) is 10.6. The van der Waals surface area contributed by atoms with Gasteiger partial charge in [0.05, 0.1) is 23.9 Å². The molecule has 6 nitrogen and oxygen atoms in total. The van der Waals surface area contributed by atoms with E-state index in [4.69, 9.17) is 9.47 Å². The Bertz CT molecular complexity index is 1060. The van der Waals surface area contributed by atoms with Gasteiger partial charge in [-0.15, -0.1) is 0 Å². The maximum absolute atomic E-state index is 12.3. The van der Waals surface area contributed by atoms with E-state index in [0.29, 0.717) is 23.5 Å². The molecule has 0 aromatic heterocycles. The molecule has 1 N–H and O–H groups in total. The first-order valence-corrected chi connectivity index (χ1v) is 10.8. The molecule has 0 atom stereocenters. The highest BCUT2D eigenvalue weighted by atomic mass is 127. The fourth-order valence-corrected chi connectivity index (χ4v) is 3.20. The monoisotopic (exact) mass is 528 g/mol. The zero-order valence-electron chi connectivity index (χ0n) is 16.9. The molecule has 3 aromatic carbocycles. The molecule has 7 heteroatoms. The number of carbonyl (C=O) groups excluding carboxylic acids is 2. The minimum Gasteiger partial charge on any atom is -0.494 e. The van der Waals surface area contributed by atoms with Crippen LogP contribution in [0.25, 0.3) is 0 Å². The van der Waals surface area contributed by atoms with Crippen molar-refractivity contribution in [2.45, 2.75) is 13.3 Å². The Kier molecular flexibility index (Phi) is 8.17. The molecule has 0 aliphatic heterocycles. The van der Waals surface area contributed by atoms with E-state index in [2.05, 4.69) is 33.1 Å². The van der Waals surface area contributed by atoms with Crippen LogP contribution >= 0.6 is 22.6 Å². The summed E-state index contributed by atoms with van der Waals surface area (Å²) in [5.74, 6) is 0.401. The molecular formula is C24H21IN2O4.